The summed E-state index contributed by atoms with van der Waals surface area (Å²) >= 11 is 0. The summed E-state index contributed by atoms with van der Waals surface area (Å²) in [6.45, 7) is 2.47. The van der Waals surface area contributed by atoms with Crippen molar-refractivity contribution in [1.82, 2.24) is 5.32 Å². The zero-order valence-electron chi connectivity index (χ0n) is 16.0. The Balaban J connectivity index is 1.94. The molecule has 0 aromatic heterocycles. The number of anilines is 1. The van der Waals surface area contributed by atoms with E-state index in [0.29, 0.717) is 5.56 Å². The van der Waals surface area contributed by atoms with Crippen LogP contribution < -0.4 is 10.6 Å². The van der Waals surface area contributed by atoms with E-state index < -0.39 is 29.4 Å². The van der Waals surface area contributed by atoms with Crippen LogP contribution in [0.4, 0.5) is 11.4 Å². The van der Waals surface area contributed by atoms with Gasteiger partial charge in [0.15, 0.2) is 6.61 Å². The van der Waals surface area contributed by atoms with Crippen molar-refractivity contribution in [3.63, 3.8) is 0 Å². The molecule has 0 saturated heterocycles. The van der Waals surface area contributed by atoms with Gasteiger partial charge >= 0.3 is 5.97 Å². The summed E-state index contributed by atoms with van der Waals surface area (Å²) in [5.74, 6) is -1.60. The average Bonchev–Trinajstić information content (AvgIpc) is 2.67. The van der Waals surface area contributed by atoms with Crippen LogP contribution in [0.2, 0.25) is 0 Å². The van der Waals surface area contributed by atoms with Crippen molar-refractivity contribution in [2.75, 3.05) is 11.9 Å². The number of benzene rings is 2. The minimum atomic E-state index is -0.668. The van der Waals surface area contributed by atoms with Gasteiger partial charge in [-0.05, 0) is 18.1 Å². The van der Waals surface area contributed by atoms with Gasteiger partial charge in [-0.1, -0.05) is 36.4 Å². The highest BCUT2D eigenvalue weighted by molar-refractivity contribution is 5.93. The molecule has 2 rings (SSSR count). The number of aryl methyl sites for hydroxylation is 1. The molecule has 0 aliphatic heterocycles. The van der Waals surface area contributed by atoms with Crippen molar-refractivity contribution >= 4 is 29.2 Å². The number of rotatable bonds is 8. The van der Waals surface area contributed by atoms with Gasteiger partial charge in [0.05, 0.1) is 23.1 Å². The number of nitrogens with one attached hydrogen (secondary N) is 2. The lowest BCUT2D eigenvalue weighted by molar-refractivity contribution is -0.384. The molecule has 2 N–H and O–H groups in total. The molecule has 0 bridgehead atoms. The highest BCUT2D eigenvalue weighted by atomic mass is 16.6. The van der Waals surface area contributed by atoms with Crippen molar-refractivity contribution < 1.29 is 24.0 Å². The molecule has 2 aromatic rings. The first-order valence-electron chi connectivity index (χ1n) is 8.79. The summed E-state index contributed by atoms with van der Waals surface area (Å²) in [7, 11) is 0. The summed E-state index contributed by atoms with van der Waals surface area (Å²) in [5.41, 5.74) is 1.46. The number of carbonyl (C=O) groups excluding carboxylic acids is 3. The third kappa shape index (κ3) is 6.73. The van der Waals surface area contributed by atoms with Crippen LogP contribution in [0.25, 0.3) is 0 Å². The van der Waals surface area contributed by atoms with Crippen LogP contribution in [0.15, 0.2) is 48.5 Å². The Hall–Kier alpha value is -3.75. The van der Waals surface area contributed by atoms with Gasteiger partial charge in [-0.2, -0.15) is 0 Å². The smallest absolute Gasteiger partial charge is 0.308 e. The zero-order valence-corrected chi connectivity index (χ0v) is 16.0. The lowest BCUT2D eigenvalue weighted by Gasteiger charge is -2.17. The third-order valence-corrected chi connectivity index (χ3v) is 4.02. The fourth-order valence-electron chi connectivity index (χ4n) is 2.60. The normalized spacial score (nSPS) is 11.2. The fraction of sp³-hybridized carbons (Fsp3) is 0.250. The van der Waals surface area contributed by atoms with Crippen LogP contribution in [-0.4, -0.2) is 29.3 Å². The minimum Gasteiger partial charge on any atom is -0.455 e. The number of nitro benzene ring substituents is 1. The van der Waals surface area contributed by atoms with E-state index >= 15 is 0 Å². The molecule has 1 atom stereocenters. The van der Waals surface area contributed by atoms with Gasteiger partial charge in [-0.15, -0.1) is 0 Å². The van der Waals surface area contributed by atoms with Crippen LogP contribution >= 0.6 is 0 Å². The topological polar surface area (TPSA) is 128 Å². The van der Waals surface area contributed by atoms with Gasteiger partial charge in [-0.3, -0.25) is 24.5 Å². The van der Waals surface area contributed by atoms with Gasteiger partial charge < -0.3 is 15.4 Å². The van der Waals surface area contributed by atoms with E-state index in [2.05, 4.69) is 10.6 Å². The molecule has 0 aliphatic rings. The fourth-order valence-corrected chi connectivity index (χ4v) is 2.60. The molecule has 9 heteroatoms. The van der Waals surface area contributed by atoms with E-state index in [9.17, 15) is 24.5 Å². The van der Waals surface area contributed by atoms with Crippen LogP contribution in [0.1, 0.15) is 30.5 Å². The van der Waals surface area contributed by atoms with Gasteiger partial charge in [0.25, 0.3) is 11.6 Å². The Morgan fingerprint density at radius 3 is 2.45 bits per heavy atom. The first-order chi connectivity index (χ1) is 13.8. The molecule has 152 valence electrons. The van der Waals surface area contributed by atoms with Crippen molar-refractivity contribution in [2.45, 2.75) is 26.3 Å². The quantitative estimate of drug-likeness (QED) is 0.399. The number of esters is 1. The maximum atomic E-state index is 12.1. The largest absolute Gasteiger partial charge is 0.455 e. The number of hydrogen-bond donors (Lipinski definition) is 2. The predicted molar refractivity (Wildman–Crippen MR) is 105 cm³/mol. The Morgan fingerprint density at radius 1 is 1.14 bits per heavy atom. The van der Waals surface area contributed by atoms with E-state index in [4.69, 9.17) is 4.74 Å². The maximum absolute atomic E-state index is 12.1. The van der Waals surface area contributed by atoms with E-state index in [1.54, 1.807) is 31.2 Å². The molecule has 2 amide bonds. The molecular formula is C20H21N3O6. The maximum Gasteiger partial charge on any atom is 0.308 e. The highest BCUT2D eigenvalue weighted by Crippen LogP contribution is 2.22. The second-order valence-electron chi connectivity index (χ2n) is 6.33. The molecular weight excluding hydrogens is 378 g/mol. The second kappa shape index (κ2) is 9.98. The molecule has 0 heterocycles. The lowest BCUT2D eigenvalue weighted by atomic mass is 10.0. The lowest BCUT2D eigenvalue weighted by Crippen LogP contribution is -2.29. The number of non-ortho nitro benzene ring substituents is 1. The summed E-state index contributed by atoms with van der Waals surface area (Å²) in [5, 5.41) is 16.0. The molecule has 0 unspecified atom stereocenters. The molecule has 0 fully saturated rings. The second-order valence-corrected chi connectivity index (χ2v) is 6.33. The van der Waals surface area contributed by atoms with Gasteiger partial charge in [-0.25, -0.2) is 0 Å². The van der Waals surface area contributed by atoms with Crippen molar-refractivity contribution in [3.8, 4) is 0 Å². The third-order valence-electron chi connectivity index (χ3n) is 4.02. The van der Waals surface area contributed by atoms with Gasteiger partial charge in [0.2, 0.25) is 5.91 Å². The molecule has 29 heavy (non-hydrogen) atoms. The molecule has 0 saturated carbocycles. The number of hydrogen-bond acceptors (Lipinski definition) is 6. The summed E-state index contributed by atoms with van der Waals surface area (Å²) in [6.07, 6.45) is -0.146. The van der Waals surface area contributed by atoms with E-state index in [1.165, 1.54) is 25.1 Å². The van der Waals surface area contributed by atoms with Crippen molar-refractivity contribution in [1.29, 1.82) is 0 Å². The van der Waals surface area contributed by atoms with E-state index in [-0.39, 0.29) is 23.7 Å². The number of amides is 2. The summed E-state index contributed by atoms with van der Waals surface area (Å²) < 4.78 is 4.99. The standard InChI is InChI=1S/C20H21N3O6/c1-13-8-9-16(23(27)28)10-17(13)22-19(25)12-29-20(26)11-18(21-14(2)24)15-6-4-3-5-7-15/h3-10,18H,11-12H2,1-2H3,(H,21,24)(H,22,25)/t18-/m1/s1. The Bertz CT molecular complexity index is 914. The molecule has 9 nitrogen and oxygen atoms in total. The molecule has 0 radical (unpaired) electrons. The van der Waals surface area contributed by atoms with Crippen molar-refractivity contribution in [3.05, 3.63) is 69.8 Å². The first kappa shape index (κ1) is 21.5. The average molecular weight is 399 g/mol. The summed E-state index contributed by atoms with van der Waals surface area (Å²) in [6, 6.07) is 12.4. The van der Waals surface area contributed by atoms with Crippen molar-refractivity contribution in [2.24, 2.45) is 0 Å². The Morgan fingerprint density at radius 2 is 1.83 bits per heavy atom. The number of nitro groups is 1. The minimum absolute atomic E-state index is 0.146. The zero-order chi connectivity index (χ0) is 21.4. The molecule has 0 aliphatic carbocycles. The van der Waals surface area contributed by atoms with E-state index in [0.717, 1.165) is 5.56 Å². The van der Waals surface area contributed by atoms with Gasteiger partial charge in [0.1, 0.15) is 0 Å². The number of nitrogens with zero attached hydrogens (tertiary/aromatic N) is 1. The Labute approximate surface area is 167 Å². The monoisotopic (exact) mass is 399 g/mol. The van der Waals surface area contributed by atoms with E-state index in [1.807, 2.05) is 6.07 Å². The predicted octanol–water partition coefficient (Wildman–Crippen LogP) is 2.65. The molecule has 2 aromatic carbocycles. The SMILES string of the molecule is CC(=O)N[C@H](CC(=O)OCC(=O)Nc1cc([N+](=O)[O-])ccc1C)c1ccccc1. The van der Waals surface area contributed by atoms with Crippen LogP contribution in [0.3, 0.4) is 0 Å². The van der Waals surface area contributed by atoms with Crippen LogP contribution in [0, 0.1) is 17.0 Å². The Kier molecular flexibility index (Phi) is 7.41. The first-order valence-corrected chi connectivity index (χ1v) is 8.79. The summed E-state index contributed by atoms with van der Waals surface area (Å²) in [4.78, 5) is 45.9. The van der Waals surface area contributed by atoms with Crippen LogP contribution in [0.5, 0.6) is 0 Å². The van der Waals surface area contributed by atoms with Crippen LogP contribution in [-0.2, 0) is 19.1 Å². The van der Waals surface area contributed by atoms with Gasteiger partial charge in [0, 0.05) is 19.1 Å². The highest BCUT2D eigenvalue weighted by Gasteiger charge is 2.19. The number of carbonyl (C=O) groups is 3. The number of ether oxygens (including phenoxy) is 1. The molecule has 0 spiro atoms.